The molecule has 2 atom stereocenters. The summed E-state index contributed by atoms with van der Waals surface area (Å²) >= 11 is 0. The Hall–Kier alpha value is -0.930. The SMILES string of the molecule is Fc1ccc(CN2CCN[C@H]3CCC[C@@H]32)cc1. The van der Waals surface area contributed by atoms with Gasteiger partial charge < -0.3 is 5.32 Å². The van der Waals surface area contributed by atoms with E-state index >= 15 is 0 Å². The number of nitrogens with zero attached hydrogens (tertiary/aromatic N) is 1. The fourth-order valence-corrected chi connectivity index (χ4v) is 3.20. The molecule has 0 aromatic heterocycles. The van der Waals surface area contributed by atoms with Crippen LogP contribution in [0.25, 0.3) is 0 Å². The van der Waals surface area contributed by atoms with Gasteiger partial charge in [0, 0.05) is 31.7 Å². The lowest BCUT2D eigenvalue weighted by molar-refractivity contribution is 0.129. The Kier molecular flexibility index (Phi) is 3.12. The van der Waals surface area contributed by atoms with Gasteiger partial charge in [0.2, 0.25) is 0 Å². The van der Waals surface area contributed by atoms with Gasteiger partial charge in [0.1, 0.15) is 5.82 Å². The molecule has 1 saturated carbocycles. The molecule has 2 fully saturated rings. The second kappa shape index (κ2) is 4.75. The van der Waals surface area contributed by atoms with Crippen LogP contribution in [0.3, 0.4) is 0 Å². The molecule has 1 aromatic rings. The molecule has 1 aliphatic heterocycles. The van der Waals surface area contributed by atoms with Crippen molar-refractivity contribution in [3.8, 4) is 0 Å². The summed E-state index contributed by atoms with van der Waals surface area (Å²) in [5, 5.41) is 3.60. The Morgan fingerprint density at radius 1 is 1.24 bits per heavy atom. The van der Waals surface area contributed by atoms with Gasteiger partial charge in [0.05, 0.1) is 0 Å². The second-order valence-electron chi connectivity index (χ2n) is 5.16. The number of fused-ring (bicyclic) bond motifs is 1. The molecule has 2 nitrogen and oxygen atoms in total. The fourth-order valence-electron chi connectivity index (χ4n) is 3.20. The van der Waals surface area contributed by atoms with Gasteiger partial charge >= 0.3 is 0 Å². The number of piperazine rings is 1. The Labute approximate surface area is 102 Å². The molecule has 92 valence electrons. The monoisotopic (exact) mass is 234 g/mol. The Morgan fingerprint density at radius 2 is 2.06 bits per heavy atom. The summed E-state index contributed by atoms with van der Waals surface area (Å²) in [7, 11) is 0. The van der Waals surface area contributed by atoms with E-state index in [1.54, 1.807) is 12.1 Å². The quantitative estimate of drug-likeness (QED) is 0.843. The van der Waals surface area contributed by atoms with Crippen LogP contribution in [0.1, 0.15) is 24.8 Å². The predicted molar refractivity (Wildman–Crippen MR) is 66.2 cm³/mol. The van der Waals surface area contributed by atoms with E-state index in [1.165, 1.54) is 24.8 Å². The number of hydrogen-bond acceptors (Lipinski definition) is 2. The van der Waals surface area contributed by atoms with Gasteiger partial charge in [-0.1, -0.05) is 18.6 Å². The lowest BCUT2D eigenvalue weighted by Gasteiger charge is -2.38. The third-order valence-electron chi connectivity index (χ3n) is 4.05. The van der Waals surface area contributed by atoms with Crippen LogP contribution < -0.4 is 5.32 Å². The van der Waals surface area contributed by atoms with E-state index in [-0.39, 0.29) is 5.82 Å². The smallest absolute Gasteiger partial charge is 0.123 e. The molecule has 3 heteroatoms. The van der Waals surface area contributed by atoms with Crippen LogP contribution in [-0.2, 0) is 6.54 Å². The molecule has 1 aromatic carbocycles. The molecule has 0 amide bonds. The number of rotatable bonds is 2. The van der Waals surface area contributed by atoms with Crippen LogP contribution in [0.2, 0.25) is 0 Å². The van der Waals surface area contributed by atoms with Crippen molar-refractivity contribution in [1.82, 2.24) is 10.2 Å². The summed E-state index contributed by atoms with van der Waals surface area (Å²) in [4.78, 5) is 2.56. The molecule has 17 heavy (non-hydrogen) atoms. The highest BCUT2D eigenvalue weighted by Gasteiger charge is 2.34. The van der Waals surface area contributed by atoms with Crippen LogP contribution in [0.4, 0.5) is 4.39 Å². The molecule has 1 aliphatic carbocycles. The van der Waals surface area contributed by atoms with E-state index in [2.05, 4.69) is 10.2 Å². The summed E-state index contributed by atoms with van der Waals surface area (Å²) in [6.07, 6.45) is 3.95. The zero-order chi connectivity index (χ0) is 11.7. The van der Waals surface area contributed by atoms with Gasteiger partial charge in [-0.05, 0) is 30.5 Å². The maximum absolute atomic E-state index is 12.9. The molecule has 1 N–H and O–H groups in total. The van der Waals surface area contributed by atoms with Crippen molar-refractivity contribution in [2.24, 2.45) is 0 Å². The molecule has 1 saturated heterocycles. The van der Waals surface area contributed by atoms with E-state index in [9.17, 15) is 4.39 Å². The Morgan fingerprint density at radius 3 is 2.88 bits per heavy atom. The Balaban J connectivity index is 1.69. The van der Waals surface area contributed by atoms with Crippen LogP contribution in [0, 0.1) is 5.82 Å². The molecule has 1 heterocycles. The van der Waals surface area contributed by atoms with Gasteiger partial charge in [0.25, 0.3) is 0 Å². The van der Waals surface area contributed by atoms with Crippen molar-refractivity contribution in [2.75, 3.05) is 13.1 Å². The average Bonchev–Trinajstić information content (AvgIpc) is 2.81. The molecular formula is C14H19FN2. The van der Waals surface area contributed by atoms with Crippen molar-refractivity contribution >= 4 is 0 Å². The van der Waals surface area contributed by atoms with Crippen molar-refractivity contribution < 1.29 is 4.39 Å². The summed E-state index contributed by atoms with van der Waals surface area (Å²) in [5.41, 5.74) is 1.22. The largest absolute Gasteiger partial charge is 0.311 e. The number of benzene rings is 1. The lowest BCUT2D eigenvalue weighted by Crippen LogP contribution is -2.54. The van der Waals surface area contributed by atoms with Crippen molar-refractivity contribution in [3.63, 3.8) is 0 Å². The zero-order valence-corrected chi connectivity index (χ0v) is 10.0. The molecule has 0 radical (unpaired) electrons. The number of hydrogen-bond donors (Lipinski definition) is 1. The lowest BCUT2D eigenvalue weighted by atomic mass is 10.1. The van der Waals surface area contributed by atoms with E-state index in [0.717, 1.165) is 19.6 Å². The number of nitrogens with one attached hydrogen (secondary N) is 1. The first-order valence-electron chi connectivity index (χ1n) is 6.55. The minimum atomic E-state index is -0.146. The van der Waals surface area contributed by atoms with Crippen LogP contribution >= 0.6 is 0 Å². The summed E-state index contributed by atoms with van der Waals surface area (Å²) in [5.74, 6) is -0.146. The average molecular weight is 234 g/mol. The van der Waals surface area contributed by atoms with Gasteiger partial charge in [-0.25, -0.2) is 4.39 Å². The highest BCUT2D eigenvalue weighted by Crippen LogP contribution is 2.27. The van der Waals surface area contributed by atoms with E-state index < -0.39 is 0 Å². The van der Waals surface area contributed by atoms with E-state index in [4.69, 9.17) is 0 Å². The van der Waals surface area contributed by atoms with Gasteiger partial charge in [0.15, 0.2) is 0 Å². The maximum atomic E-state index is 12.9. The van der Waals surface area contributed by atoms with Crippen molar-refractivity contribution in [1.29, 1.82) is 0 Å². The summed E-state index contributed by atoms with van der Waals surface area (Å²) < 4.78 is 12.9. The molecular weight excluding hydrogens is 215 g/mol. The fraction of sp³-hybridized carbons (Fsp3) is 0.571. The van der Waals surface area contributed by atoms with Gasteiger partial charge in [-0.15, -0.1) is 0 Å². The van der Waals surface area contributed by atoms with Crippen LogP contribution in [0.5, 0.6) is 0 Å². The van der Waals surface area contributed by atoms with E-state index in [0.29, 0.717) is 12.1 Å². The first-order valence-corrected chi connectivity index (χ1v) is 6.55. The molecule has 2 aliphatic rings. The van der Waals surface area contributed by atoms with Gasteiger partial charge in [-0.3, -0.25) is 4.90 Å². The molecule has 0 bridgehead atoms. The topological polar surface area (TPSA) is 15.3 Å². The highest BCUT2D eigenvalue weighted by molar-refractivity contribution is 5.16. The summed E-state index contributed by atoms with van der Waals surface area (Å²) in [6.45, 7) is 3.16. The normalized spacial score (nSPS) is 29.2. The van der Waals surface area contributed by atoms with Gasteiger partial charge in [-0.2, -0.15) is 0 Å². The third-order valence-corrected chi connectivity index (χ3v) is 4.05. The highest BCUT2D eigenvalue weighted by atomic mass is 19.1. The zero-order valence-electron chi connectivity index (χ0n) is 10.0. The standard InChI is InChI=1S/C14H19FN2/c15-12-6-4-11(5-7-12)10-17-9-8-16-13-2-1-3-14(13)17/h4-7,13-14,16H,1-3,8-10H2/t13-,14-/m0/s1. The first-order chi connectivity index (χ1) is 8.33. The van der Waals surface area contributed by atoms with Crippen molar-refractivity contribution in [2.45, 2.75) is 37.9 Å². The minimum absolute atomic E-state index is 0.146. The van der Waals surface area contributed by atoms with E-state index in [1.807, 2.05) is 12.1 Å². The predicted octanol–water partition coefficient (Wildman–Crippen LogP) is 2.15. The molecule has 0 unspecified atom stereocenters. The molecule has 3 rings (SSSR count). The molecule has 0 spiro atoms. The third kappa shape index (κ3) is 2.35. The maximum Gasteiger partial charge on any atom is 0.123 e. The van der Waals surface area contributed by atoms with Crippen LogP contribution in [-0.4, -0.2) is 30.1 Å². The first kappa shape index (κ1) is 11.2. The summed E-state index contributed by atoms with van der Waals surface area (Å²) in [6, 6.07) is 8.30. The Bertz CT molecular complexity index is 376. The van der Waals surface area contributed by atoms with Crippen molar-refractivity contribution in [3.05, 3.63) is 35.6 Å². The second-order valence-corrected chi connectivity index (χ2v) is 5.16. The number of halogens is 1. The van der Waals surface area contributed by atoms with Crippen LogP contribution in [0.15, 0.2) is 24.3 Å². The minimum Gasteiger partial charge on any atom is -0.311 e.